The fourth-order valence-corrected chi connectivity index (χ4v) is 3.09. The maximum atomic E-state index is 13.1. The highest BCUT2D eigenvalue weighted by atomic mass is 16.5. The van der Waals surface area contributed by atoms with Crippen molar-refractivity contribution in [3.8, 4) is 0 Å². The number of imide groups is 1. The van der Waals surface area contributed by atoms with E-state index in [2.05, 4.69) is 0 Å². The number of esters is 1. The van der Waals surface area contributed by atoms with Gasteiger partial charge < -0.3 is 10.5 Å². The summed E-state index contributed by atoms with van der Waals surface area (Å²) < 4.78 is 5.52. The average Bonchev–Trinajstić information content (AvgIpc) is 2.62. The summed E-state index contributed by atoms with van der Waals surface area (Å²) >= 11 is 0. The third kappa shape index (κ3) is 3.74. The van der Waals surface area contributed by atoms with Crippen LogP contribution in [0.2, 0.25) is 0 Å². The van der Waals surface area contributed by atoms with Gasteiger partial charge in [-0.25, -0.2) is 9.59 Å². The van der Waals surface area contributed by atoms with Crippen LogP contribution in [0.1, 0.15) is 24.2 Å². The van der Waals surface area contributed by atoms with Crippen LogP contribution in [-0.2, 0) is 9.53 Å². The monoisotopic (exact) mass is 364 g/mol. The van der Waals surface area contributed by atoms with Crippen LogP contribution >= 0.6 is 0 Å². The van der Waals surface area contributed by atoms with E-state index in [4.69, 9.17) is 10.5 Å². The molecule has 0 saturated carbocycles. The van der Waals surface area contributed by atoms with Gasteiger partial charge in [0.1, 0.15) is 0 Å². The van der Waals surface area contributed by atoms with Crippen molar-refractivity contribution in [2.45, 2.75) is 20.0 Å². The Morgan fingerprint density at radius 1 is 0.926 bits per heavy atom. The molecule has 27 heavy (non-hydrogen) atoms. The van der Waals surface area contributed by atoms with Gasteiger partial charge in [-0.1, -0.05) is 62.4 Å². The number of benzene rings is 3. The first-order valence-corrected chi connectivity index (χ1v) is 8.60. The summed E-state index contributed by atoms with van der Waals surface area (Å²) in [5, 5.41) is 5.24. The van der Waals surface area contributed by atoms with Gasteiger partial charge in [0.15, 0.2) is 6.10 Å². The Hall–Kier alpha value is -3.41. The van der Waals surface area contributed by atoms with Crippen molar-refractivity contribution in [2.75, 3.05) is 0 Å². The normalized spacial score (nSPS) is 12.1. The number of urea groups is 1. The number of rotatable bonds is 4. The lowest BCUT2D eigenvalue weighted by Gasteiger charge is -2.21. The number of primary amides is 1. The minimum absolute atomic E-state index is 0.338. The Bertz CT molecular complexity index is 989. The molecule has 0 saturated heterocycles. The third-order valence-electron chi connectivity index (χ3n) is 4.32. The maximum absolute atomic E-state index is 13.1. The maximum Gasteiger partial charge on any atom is 0.340 e. The van der Waals surface area contributed by atoms with Gasteiger partial charge >= 0.3 is 12.0 Å². The van der Waals surface area contributed by atoms with E-state index < -0.39 is 24.0 Å². The lowest BCUT2D eigenvalue weighted by molar-refractivity contribution is -0.130. The van der Waals surface area contributed by atoms with Crippen LogP contribution in [0, 0.1) is 5.92 Å². The van der Waals surface area contributed by atoms with Crippen LogP contribution in [0.5, 0.6) is 0 Å². The topological polar surface area (TPSA) is 98.5 Å². The summed E-state index contributed by atoms with van der Waals surface area (Å²) in [6.07, 6.45) is -1.14. The fraction of sp³-hybridized carbons (Fsp3) is 0.190. The van der Waals surface area contributed by atoms with Crippen molar-refractivity contribution in [3.63, 3.8) is 0 Å². The number of hydrogen-bond acceptors (Lipinski definition) is 4. The van der Waals surface area contributed by atoms with Crippen LogP contribution < -0.4 is 11.1 Å². The summed E-state index contributed by atoms with van der Waals surface area (Å²) in [6, 6.07) is 16.0. The van der Waals surface area contributed by atoms with E-state index in [1.54, 1.807) is 13.8 Å². The number of nitrogens with one attached hydrogen (secondary N) is 1. The van der Waals surface area contributed by atoms with Crippen molar-refractivity contribution < 1.29 is 19.1 Å². The van der Waals surface area contributed by atoms with Gasteiger partial charge in [-0.15, -0.1) is 0 Å². The molecule has 3 N–H and O–H groups in total. The minimum atomic E-state index is -1.14. The number of amides is 3. The average molecular weight is 364 g/mol. The molecule has 6 heteroatoms. The van der Waals surface area contributed by atoms with Crippen LogP contribution in [0.4, 0.5) is 4.79 Å². The predicted molar refractivity (Wildman–Crippen MR) is 103 cm³/mol. The molecule has 0 radical (unpaired) electrons. The molecule has 0 aliphatic heterocycles. The summed E-state index contributed by atoms with van der Waals surface area (Å²) in [6.45, 7) is 3.44. The minimum Gasteiger partial charge on any atom is -0.448 e. The second-order valence-corrected chi connectivity index (χ2v) is 6.62. The van der Waals surface area contributed by atoms with Gasteiger partial charge in [-0.3, -0.25) is 10.1 Å². The van der Waals surface area contributed by atoms with E-state index >= 15 is 0 Å². The summed E-state index contributed by atoms with van der Waals surface area (Å²) in [5.74, 6) is -1.70. The second-order valence-electron chi connectivity index (χ2n) is 6.62. The predicted octanol–water partition coefficient (Wildman–Crippen LogP) is 3.37. The van der Waals surface area contributed by atoms with Gasteiger partial charge in [-0.2, -0.15) is 0 Å². The van der Waals surface area contributed by atoms with E-state index in [9.17, 15) is 14.4 Å². The molecule has 1 atom stereocenters. The highest BCUT2D eigenvalue weighted by Crippen LogP contribution is 2.29. The van der Waals surface area contributed by atoms with Crippen LogP contribution in [0.3, 0.4) is 0 Å². The zero-order valence-electron chi connectivity index (χ0n) is 15.1. The van der Waals surface area contributed by atoms with E-state index in [1.807, 2.05) is 59.9 Å². The molecule has 0 heterocycles. The number of hydrogen-bond donors (Lipinski definition) is 2. The SMILES string of the molecule is CC(C)[C@H](OC(=O)c1c2ccccc2cc2ccccc12)C(=O)NC(N)=O. The van der Waals surface area contributed by atoms with Gasteiger partial charge in [0.25, 0.3) is 5.91 Å². The molecule has 0 fully saturated rings. The largest absolute Gasteiger partial charge is 0.448 e. The highest BCUT2D eigenvalue weighted by molar-refractivity contribution is 6.17. The molecule has 0 unspecified atom stereocenters. The lowest BCUT2D eigenvalue weighted by Crippen LogP contribution is -2.45. The number of carbonyl (C=O) groups excluding carboxylic acids is 3. The highest BCUT2D eigenvalue weighted by Gasteiger charge is 2.29. The Labute approximate surface area is 156 Å². The van der Waals surface area contributed by atoms with E-state index in [1.165, 1.54) is 0 Å². The first kappa shape index (κ1) is 18.4. The third-order valence-corrected chi connectivity index (χ3v) is 4.32. The van der Waals surface area contributed by atoms with Crippen molar-refractivity contribution in [2.24, 2.45) is 11.7 Å². The summed E-state index contributed by atoms with van der Waals surface area (Å²) in [4.78, 5) is 36.3. The molecule has 0 aliphatic rings. The number of fused-ring (bicyclic) bond motifs is 2. The molecule has 3 amide bonds. The van der Waals surface area contributed by atoms with Crippen LogP contribution in [0.25, 0.3) is 21.5 Å². The Morgan fingerprint density at radius 2 is 1.44 bits per heavy atom. The molecule has 0 aliphatic carbocycles. The molecule has 6 nitrogen and oxygen atoms in total. The number of nitrogens with two attached hydrogens (primary N) is 1. The van der Waals surface area contributed by atoms with Crippen LogP contribution in [0.15, 0.2) is 54.6 Å². The molecule has 0 bridgehead atoms. The van der Waals surface area contributed by atoms with Crippen molar-refractivity contribution >= 4 is 39.5 Å². The van der Waals surface area contributed by atoms with E-state index in [0.717, 1.165) is 21.5 Å². The van der Waals surface area contributed by atoms with Crippen LogP contribution in [-0.4, -0.2) is 24.0 Å². The first-order valence-electron chi connectivity index (χ1n) is 8.60. The molecular weight excluding hydrogens is 344 g/mol. The second kappa shape index (κ2) is 7.45. The van der Waals surface area contributed by atoms with Gasteiger partial charge in [0.2, 0.25) is 0 Å². The Kier molecular flexibility index (Phi) is 5.07. The quantitative estimate of drug-likeness (QED) is 0.548. The first-order chi connectivity index (χ1) is 12.9. The lowest BCUT2D eigenvalue weighted by atomic mass is 9.96. The molecule has 138 valence electrons. The molecule has 3 aromatic carbocycles. The smallest absolute Gasteiger partial charge is 0.340 e. The summed E-state index contributed by atoms with van der Waals surface area (Å²) in [7, 11) is 0. The van der Waals surface area contributed by atoms with E-state index in [0.29, 0.717) is 5.56 Å². The van der Waals surface area contributed by atoms with Crippen molar-refractivity contribution in [1.82, 2.24) is 5.32 Å². The number of ether oxygens (including phenoxy) is 1. The summed E-state index contributed by atoms with van der Waals surface area (Å²) in [5.41, 5.74) is 5.40. The molecule has 3 aromatic rings. The Balaban J connectivity index is 2.08. The molecule has 0 spiro atoms. The standard InChI is InChI=1S/C21H20N2O4/c1-12(2)18(19(24)23-21(22)26)27-20(25)17-15-9-5-3-7-13(15)11-14-8-4-6-10-16(14)17/h3-12,18H,1-2H3,(H3,22,23,24,26)/t18-/m0/s1. The zero-order chi connectivity index (χ0) is 19.6. The van der Waals surface area contributed by atoms with Crippen molar-refractivity contribution in [3.05, 3.63) is 60.2 Å². The van der Waals surface area contributed by atoms with Crippen molar-refractivity contribution in [1.29, 1.82) is 0 Å². The Morgan fingerprint density at radius 3 is 1.93 bits per heavy atom. The fourth-order valence-electron chi connectivity index (χ4n) is 3.09. The van der Waals surface area contributed by atoms with Gasteiger partial charge in [0.05, 0.1) is 5.56 Å². The van der Waals surface area contributed by atoms with Gasteiger partial charge in [0, 0.05) is 0 Å². The molecular formula is C21H20N2O4. The molecule has 0 aromatic heterocycles. The number of carbonyl (C=O) groups is 3. The van der Waals surface area contributed by atoms with E-state index in [-0.39, 0.29) is 5.92 Å². The van der Waals surface area contributed by atoms with Gasteiger partial charge in [-0.05, 0) is 33.5 Å². The molecule has 3 rings (SSSR count). The zero-order valence-corrected chi connectivity index (χ0v) is 15.1.